The van der Waals surface area contributed by atoms with Crippen molar-refractivity contribution < 1.29 is 4.74 Å². The van der Waals surface area contributed by atoms with Gasteiger partial charge in [0.15, 0.2) is 0 Å². The third-order valence-electron chi connectivity index (χ3n) is 3.05. The summed E-state index contributed by atoms with van der Waals surface area (Å²) in [6, 6.07) is 0. The van der Waals surface area contributed by atoms with Gasteiger partial charge in [0.2, 0.25) is 0 Å². The molecule has 1 rings (SSSR count). The highest BCUT2D eigenvalue weighted by Gasteiger charge is 2.34. The molecule has 1 heterocycles. The fourth-order valence-corrected chi connectivity index (χ4v) is 1.77. The van der Waals surface area contributed by atoms with Crippen LogP contribution in [0.4, 0.5) is 0 Å². The summed E-state index contributed by atoms with van der Waals surface area (Å²) in [6.07, 6.45) is 1.11. The van der Waals surface area contributed by atoms with E-state index < -0.39 is 0 Å². The molecule has 1 fully saturated rings. The third-order valence-corrected chi connectivity index (χ3v) is 3.05. The Kier molecular flexibility index (Phi) is 4.11. The minimum Gasteiger partial charge on any atom is -0.381 e. The molecule has 14 heavy (non-hydrogen) atoms. The molecule has 0 aromatic heterocycles. The Balaban J connectivity index is 2.50. The van der Waals surface area contributed by atoms with E-state index >= 15 is 0 Å². The number of ether oxygens (including phenoxy) is 1. The Morgan fingerprint density at radius 1 is 1.71 bits per heavy atom. The van der Waals surface area contributed by atoms with Crippen molar-refractivity contribution in [2.75, 3.05) is 26.3 Å². The predicted octanol–water partition coefficient (Wildman–Crippen LogP) is 0.906. The van der Waals surface area contributed by atoms with E-state index in [-0.39, 0.29) is 5.54 Å². The largest absolute Gasteiger partial charge is 0.381 e. The number of hydrogen-bond acceptors (Lipinski definition) is 3. The Morgan fingerprint density at radius 3 is 2.86 bits per heavy atom. The maximum atomic E-state index is 5.83. The van der Waals surface area contributed by atoms with E-state index in [2.05, 4.69) is 18.8 Å². The smallest absolute Gasteiger partial charge is 0.0513 e. The summed E-state index contributed by atoms with van der Waals surface area (Å²) in [7, 11) is 0. The van der Waals surface area contributed by atoms with E-state index in [0.717, 1.165) is 31.8 Å². The van der Waals surface area contributed by atoms with Gasteiger partial charge in [0.1, 0.15) is 0 Å². The summed E-state index contributed by atoms with van der Waals surface area (Å²) >= 11 is 0. The van der Waals surface area contributed by atoms with E-state index in [9.17, 15) is 0 Å². The first-order valence-electron chi connectivity index (χ1n) is 5.25. The first kappa shape index (κ1) is 11.7. The highest BCUT2D eigenvalue weighted by molar-refractivity contribution is 4.99. The fraction of sp³-hybridized carbons (Fsp3) is 0.818. The molecule has 3 nitrogen and oxygen atoms in total. The van der Waals surface area contributed by atoms with Crippen molar-refractivity contribution in [1.29, 1.82) is 0 Å². The van der Waals surface area contributed by atoms with Crippen LogP contribution in [0.5, 0.6) is 0 Å². The minimum atomic E-state index is -0.00451. The molecule has 2 unspecified atom stereocenters. The summed E-state index contributed by atoms with van der Waals surface area (Å²) < 4.78 is 5.39. The van der Waals surface area contributed by atoms with Gasteiger partial charge in [-0.15, -0.1) is 0 Å². The highest BCUT2D eigenvalue weighted by Crippen LogP contribution is 2.25. The first-order chi connectivity index (χ1) is 6.58. The Morgan fingerprint density at radius 2 is 2.43 bits per heavy atom. The monoisotopic (exact) mass is 198 g/mol. The molecule has 0 bridgehead atoms. The van der Waals surface area contributed by atoms with Crippen LogP contribution in [-0.4, -0.2) is 31.8 Å². The van der Waals surface area contributed by atoms with Crippen LogP contribution in [0, 0.1) is 5.92 Å². The molecule has 1 aliphatic heterocycles. The van der Waals surface area contributed by atoms with Crippen LogP contribution in [-0.2, 0) is 4.74 Å². The Bertz CT molecular complexity index is 199. The topological polar surface area (TPSA) is 47.3 Å². The molecule has 0 radical (unpaired) electrons. The van der Waals surface area contributed by atoms with Crippen molar-refractivity contribution in [1.82, 2.24) is 5.32 Å². The highest BCUT2D eigenvalue weighted by atomic mass is 16.5. The lowest BCUT2D eigenvalue weighted by Crippen LogP contribution is -2.54. The van der Waals surface area contributed by atoms with Crippen LogP contribution < -0.4 is 11.1 Å². The second-order valence-corrected chi connectivity index (χ2v) is 4.49. The lowest BCUT2D eigenvalue weighted by molar-refractivity contribution is 0.156. The quantitative estimate of drug-likeness (QED) is 0.645. The SMILES string of the molecule is C=C(C)CNC(C)(CN)C1CCOC1. The number of hydrogen-bond donors (Lipinski definition) is 2. The first-order valence-corrected chi connectivity index (χ1v) is 5.25. The van der Waals surface area contributed by atoms with Gasteiger partial charge in [0.05, 0.1) is 6.61 Å². The normalized spacial score (nSPS) is 26.1. The van der Waals surface area contributed by atoms with E-state index in [1.165, 1.54) is 0 Å². The van der Waals surface area contributed by atoms with E-state index in [4.69, 9.17) is 10.5 Å². The number of nitrogens with two attached hydrogens (primary N) is 1. The molecule has 3 N–H and O–H groups in total. The number of rotatable bonds is 5. The zero-order valence-corrected chi connectivity index (χ0v) is 9.31. The van der Waals surface area contributed by atoms with Gasteiger partial charge in [0.25, 0.3) is 0 Å². The van der Waals surface area contributed by atoms with Gasteiger partial charge in [0, 0.05) is 31.2 Å². The molecule has 0 aromatic carbocycles. The third kappa shape index (κ3) is 2.80. The molecule has 82 valence electrons. The van der Waals surface area contributed by atoms with Crippen molar-refractivity contribution in [2.45, 2.75) is 25.8 Å². The molecule has 0 saturated carbocycles. The van der Waals surface area contributed by atoms with Gasteiger partial charge >= 0.3 is 0 Å². The van der Waals surface area contributed by atoms with Crippen molar-refractivity contribution >= 4 is 0 Å². The van der Waals surface area contributed by atoms with Gasteiger partial charge in [-0.1, -0.05) is 12.2 Å². The summed E-state index contributed by atoms with van der Waals surface area (Å²) in [6.45, 7) is 11.3. The average Bonchev–Trinajstić information content (AvgIpc) is 2.67. The zero-order chi connectivity index (χ0) is 10.6. The second-order valence-electron chi connectivity index (χ2n) is 4.49. The maximum Gasteiger partial charge on any atom is 0.0513 e. The second kappa shape index (κ2) is 4.91. The standard InChI is InChI=1S/C11H22N2O/c1-9(2)6-13-11(3,8-12)10-4-5-14-7-10/h10,13H,1,4-8,12H2,2-3H3. The number of nitrogens with one attached hydrogen (secondary N) is 1. The summed E-state index contributed by atoms with van der Waals surface area (Å²) in [4.78, 5) is 0. The molecular formula is C11H22N2O. The van der Waals surface area contributed by atoms with Gasteiger partial charge in [-0.2, -0.15) is 0 Å². The molecule has 2 atom stereocenters. The van der Waals surface area contributed by atoms with Gasteiger partial charge in [-0.25, -0.2) is 0 Å². The summed E-state index contributed by atoms with van der Waals surface area (Å²) in [5.74, 6) is 0.534. The van der Waals surface area contributed by atoms with Crippen LogP contribution in [0.3, 0.4) is 0 Å². The molecule has 0 amide bonds. The average molecular weight is 198 g/mol. The molecular weight excluding hydrogens is 176 g/mol. The van der Waals surface area contributed by atoms with Crippen molar-refractivity contribution in [3.05, 3.63) is 12.2 Å². The molecule has 3 heteroatoms. The zero-order valence-electron chi connectivity index (χ0n) is 9.31. The lowest BCUT2D eigenvalue weighted by Gasteiger charge is -2.35. The lowest BCUT2D eigenvalue weighted by atomic mass is 9.85. The van der Waals surface area contributed by atoms with Crippen molar-refractivity contribution in [3.63, 3.8) is 0 Å². The molecule has 1 saturated heterocycles. The minimum absolute atomic E-state index is 0.00451. The molecule has 0 spiro atoms. The van der Waals surface area contributed by atoms with E-state index in [1.54, 1.807) is 0 Å². The fourth-order valence-electron chi connectivity index (χ4n) is 1.77. The Labute approximate surface area is 86.7 Å². The summed E-state index contributed by atoms with van der Waals surface area (Å²) in [5.41, 5.74) is 6.96. The van der Waals surface area contributed by atoms with Crippen LogP contribution >= 0.6 is 0 Å². The summed E-state index contributed by atoms with van der Waals surface area (Å²) in [5, 5.41) is 3.48. The van der Waals surface area contributed by atoms with Crippen LogP contribution in [0.2, 0.25) is 0 Å². The van der Waals surface area contributed by atoms with Crippen LogP contribution in [0.1, 0.15) is 20.3 Å². The van der Waals surface area contributed by atoms with Gasteiger partial charge < -0.3 is 15.8 Å². The molecule has 0 aromatic rings. The Hall–Kier alpha value is -0.380. The molecule has 0 aliphatic carbocycles. The maximum absolute atomic E-state index is 5.83. The predicted molar refractivity (Wildman–Crippen MR) is 59.2 cm³/mol. The van der Waals surface area contributed by atoms with Gasteiger partial charge in [-0.05, 0) is 20.3 Å². The van der Waals surface area contributed by atoms with Crippen LogP contribution in [0.25, 0.3) is 0 Å². The van der Waals surface area contributed by atoms with E-state index in [0.29, 0.717) is 12.5 Å². The van der Waals surface area contributed by atoms with E-state index in [1.807, 2.05) is 6.92 Å². The van der Waals surface area contributed by atoms with Crippen molar-refractivity contribution in [2.24, 2.45) is 11.7 Å². The van der Waals surface area contributed by atoms with Crippen LogP contribution in [0.15, 0.2) is 12.2 Å². The van der Waals surface area contributed by atoms with Gasteiger partial charge in [-0.3, -0.25) is 0 Å². The molecule has 1 aliphatic rings. The van der Waals surface area contributed by atoms with Crippen molar-refractivity contribution in [3.8, 4) is 0 Å².